The minimum atomic E-state index is -1.46. The minimum absolute atomic E-state index is 0.0267. The number of benzene rings is 1. The second kappa shape index (κ2) is 4.48. The van der Waals surface area contributed by atoms with Crippen molar-refractivity contribution in [1.82, 2.24) is 9.78 Å². The van der Waals surface area contributed by atoms with E-state index in [1.54, 1.807) is 0 Å². The van der Waals surface area contributed by atoms with Crippen LogP contribution in [0.3, 0.4) is 0 Å². The number of primary amides is 1. The Bertz CT molecular complexity index is 659. The Kier molecular flexibility index (Phi) is 2.99. The third kappa shape index (κ3) is 2.28. The number of amides is 1. The Balaban J connectivity index is 2.55. The van der Waals surface area contributed by atoms with Crippen molar-refractivity contribution in [2.75, 3.05) is 0 Å². The van der Waals surface area contributed by atoms with Crippen molar-refractivity contribution < 1.29 is 23.5 Å². The molecule has 0 saturated carbocycles. The van der Waals surface area contributed by atoms with Crippen LogP contribution in [0.2, 0.25) is 0 Å². The van der Waals surface area contributed by atoms with Crippen LogP contribution in [0.4, 0.5) is 8.78 Å². The molecule has 0 saturated heterocycles. The van der Waals surface area contributed by atoms with Crippen molar-refractivity contribution >= 4 is 11.9 Å². The monoisotopic (exact) mass is 267 g/mol. The van der Waals surface area contributed by atoms with Gasteiger partial charge >= 0.3 is 5.97 Å². The zero-order valence-electron chi connectivity index (χ0n) is 9.30. The van der Waals surface area contributed by atoms with E-state index in [2.05, 4.69) is 5.10 Å². The molecule has 19 heavy (non-hydrogen) atoms. The predicted molar refractivity (Wildman–Crippen MR) is 59.0 cm³/mol. The van der Waals surface area contributed by atoms with E-state index in [0.29, 0.717) is 12.1 Å². The van der Waals surface area contributed by atoms with Gasteiger partial charge in [0.15, 0.2) is 11.6 Å². The Morgan fingerprint density at radius 1 is 1.21 bits per heavy atom. The molecular weight excluding hydrogens is 260 g/mol. The van der Waals surface area contributed by atoms with Crippen molar-refractivity contribution in [3.63, 3.8) is 0 Å². The number of aromatic nitrogens is 2. The molecule has 0 fully saturated rings. The van der Waals surface area contributed by atoms with Gasteiger partial charge in [-0.2, -0.15) is 5.10 Å². The zero-order valence-corrected chi connectivity index (χ0v) is 9.30. The van der Waals surface area contributed by atoms with Gasteiger partial charge in [0.2, 0.25) is 0 Å². The van der Waals surface area contributed by atoms with Gasteiger partial charge in [-0.3, -0.25) is 4.79 Å². The smallest absolute Gasteiger partial charge is 0.335 e. The van der Waals surface area contributed by atoms with Crippen LogP contribution in [-0.2, 0) is 0 Å². The molecule has 1 heterocycles. The molecule has 8 heteroatoms. The fourth-order valence-electron chi connectivity index (χ4n) is 1.48. The molecule has 0 spiro atoms. The third-order valence-corrected chi connectivity index (χ3v) is 2.36. The lowest BCUT2D eigenvalue weighted by Gasteiger charge is -2.06. The summed E-state index contributed by atoms with van der Waals surface area (Å²) in [6.07, 6.45) is 2.09. The van der Waals surface area contributed by atoms with E-state index in [1.807, 2.05) is 0 Å². The first-order valence-corrected chi connectivity index (χ1v) is 4.97. The molecule has 1 aromatic carbocycles. The summed E-state index contributed by atoms with van der Waals surface area (Å²) in [5, 5.41) is 12.2. The standard InChI is InChI=1S/C11H7F2N3O3/c12-7-1-5(11(18)19)2-8(13)9(7)16-4-6(3-15-16)10(14)17/h1-4H,(H2,14,17)(H,18,19). The first-order valence-electron chi connectivity index (χ1n) is 4.97. The predicted octanol–water partition coefficient (Wildman–Crippen LogP) is 0.948. The van der Waals surface area contributed by atoms with Crippen molar-refractivity contribution in [3.8, 4) is 5.69 Å². The maximum Gasteiger partial charge on any atom is 0.335 e. The lowest BCUT2D eigenvalue weighted by molar-refractivity contribution is 0.0695. The maximum atomic E-state index is 13.7. The molecule has 0 aliphatic heterocycles. The summed E-state index contributed by atoms with van der Waals surface area (Å²) >= 11 is 0. The molecule has 0 radical (unpaired) electrons. The van der Waals surface area contributed by atoms with Gasteiger partial charge in [-0.15, -0.1) is 0 Å². The highest BCUT2D eigenvalue weighted by atomic mass is 19.1. The van der Waals surface area contributed by atoms with Gasteiger partial charge in [0.1, 0.15) is 5.69 Å². The second-order valence-corrected chi connectivity index (χ2v) is 3.63. The lowest BCUT2D eigenvalue weighted by Crippen LogP contribution is -2.10. The average molecular weight is 267 g/mol. The normalized spacial score (nSPS) is 10.4. The van der Waals surface area contributed by atoms with E-state index in [-0.39, 0.29) is 5.56 Å². The summed E-state index contributed by atoms with van der Waals surface area (Å²) in [5.74, 6) is -4.48. The number of halogens is 2. The van der Waals surface area contributed by atoms with Gasteiger partial charge in [-0.1, -0.05) is 0 Å². The average Bonchev–Trinajstić information content (AvgIpc) is 2.77. The number of hydrogen-bond acceptors (Lipinski definition) is 3. The molecule has 6 nitrogen and oxygen atoms in total. The highest BCUT2D eigenvalue weighted by Gasteiger charge is 2.17. The van der Waals surface area contributed by atoms with E-state index in [4.69, 9.17) is 10.8 Å². The summed E-state index contributed by atoms with van der Waals surface area (Å²) in [6, 6.07) is 1.32. The number of rotatable bonds is 3. The van der Waals surface area contributed by atoms with Crippen molar-refractivity contribution in [1.29, 1.82) is 0 Å². The van der Waals surface area contributed by atoms with E-state index in [1.165, 1.54) is 0 Å². The Hall–Kier alpha value is -2.77. The molecule has 1 aromatic heterocycles. The van der Waals surface area contributed by atoms with Crippen LogP contribution in [0.1, 0.15) is 20.7 Å². The van der Waals surface area contributed by atoms with Gasteiger partial charge in [0.25, 0.3) is 5.91 Å². The van der Waals surface area contributed by atoms with E-state index in [9.17, 15) is 18.4 Å². The van der Waals surface area contributed by atoms with E-state index >= 15 is 0 Å². The quantitative estimate of drug-likeness (QED) is 0.864. The summed E-state index contributed by atoms with van der Waals surface area (Å²) in [6.45, 7) is 0. The van der Waals surface area contributed by atoms with Gasteiger partial charge in [-0.25, -0.2) is 18.3 Å². The molecule has 0 aliphatic rings. The van der Waals surface area contributed by atoms with Crippen molar-refractivity contribution in [3.05, 3.63) is 47.3 Å². The summed E-state index contributed by atoms with van der Waals surface area (Å²) in [4.78, 5) is 21.5. The van der Waals surface area contributed by atoms with Gasteiger partial charge in [-0.05, 0) is 12.1 Å². The minimum Gasteiger partial charge on any atom is -0.478 e. The van der Waals surface area contributed by atoms with Crippen LogP contribution in [-0.4, -0.2) is 26.8 Å². The first kappa shape index (κ1) is 12.7. The SMILES string of the molecule is NC(=O)c1cnn(-c2c(F)cc(C(=O)O)cc2F)c1. The Morgan fingerprint density at radius 3 is 2.21 bits per heavy atom. The molecule has 3 N–H and O–H groups in total. The zero-order chi connectivity index (χ0) is 14.2. The summed E-state index contributed by atoms with van der Waals surface area (Å²) in [7, 11) is 0. The largest absolute Gasteiger partial charge is 0.478 e. The van der Waals surface area contributed by atoms with Crippen molar-refractivity contribution in [2.45, 2.75) is 0 Å². The number of hydrogen-bond donors (Lipinski definition) is 2. The van der Waals surface area contributed by atoms with Crippen LogP contribution in [0.15, 0.2) is 24.5 Å². The number of carbonyl (C=O) groups is 2. The Labute approximate surface area is 105 Å². The molecule has 1 amide bonds. The van der Waals surface area contributed by atoms with Gasteiger partial charge in [0.05, 0.1) is 17.3 Å². The number of aromatic carboxylic acids is 1. The molecule has 98 valence electrons. The summed E-state index contributed by atoms with van der Waals surface area (Å²) < 4.78 is 28.1. The number of nitrogens with zero attached hydrogens (tertiary/aromatic N) is 2. The van der Waals surface area contributed by atoms with Gasteiger partial charge < -0.3 is 10.8 Å². The highest BCUT2D eigenvalue weighted by Crippen LogP contribution is 2.19. The van der Waals surface area contributed by atoms with Crippen LogP contribution >= 0.6 is 0 Å². The molecule has 2 rings (SSSR count). The highest BCUT2D eigenvalue weighted by molar-refractivity contribution is 5.92. The Morgan fingerprint density at radius 2 is 1.79 bits per heavy atom. The first-order chi connectivity index (χ1) is 8.90. The summed E-state index contributed by atoms with van der Waals surface area (Å²) in [5.41, 5.74) is 3.85. The number of nitrogens with two attached hydrogens (primary N) is 1. The molecule has 2 aromatic rings. The third-order valence-electron chi connectivity index (χ3n) is 2.36. The van der Waals surface area contributed by atoms with E-state index in [0.717, 1.165) is 17.1 Å². The lowest BCUT2D eigenvalue weighted by atomic mass is 10.2. The van der Waals surface area contributed by atoms with Crippen LogP contribution in [0.25, 0.3) is 5.69 Å². The van der Waals surface area contributed by atoms with Crippen LogP contribution in [0, 0.1) is 11.6 Å². The number of carbonyl (C=O) groups excluding carboxylic acids is 1. The maximum absolute atomic E-state index is 13.7. The molecule has 0 atom stereocenters. The molecule has 0 unspecified atom stereocenters. The fourth-order valence-corrected chi connectivity index (χ4v) is 1.48. The van der Waals surface area contributed by atoms with Crippen LogP contribution < -0.4 is 5.73 Å². The number of carboxylic acid groups (broad SMARTS) is 1. The molecular formula is C11H7F2N3O3. The number of carboxylic acids is 1. The van der Waals surface area contributed by atoms with Crippen molar-refractivity contribution in [2.24, 2.45) is 5.73 Å². The topological polar surface area (TPSA) is 98.2 Å². The van der Waals surface area contributed by atoms with E-state index < -0.39 is 34.8 Å². The molecule has 0 bridgehead atoms. The molecule has 0 aliphatic carbocycles. The second-order valence-electron chi connectivity index (χ2n) is 3.63. The fraction of sp³-hybridized carbons (Fsp3) is 0. The van der Waals surface area contributed by atoms with Gasteiger partial charge in [0, 0.05) is 6.20 Å². The van der Waals surface area contributed by atoms with Crippen LogP contribution in [0.5, 0.6) is 0 Å².